The van der Waals surface area contributed by atoms with Gasteiger partial charge in [0.1, 0.15) is 4.99 Å². The van der Waals surface area contributed by atoms with Crippen LogP contribution in [0.25, 0.3) is 0 Å². The fraction of sp³-hybridized carbons (Fsp3) is 0.273. The molecule has 2 atom stereocenters. The predicted octanol–water partition coefficient (Wildman–Crippen LogP) is 0.512. The van der Waals surface area contributed by atoms with Crippen molar-refractivity contribution in [1.82, 2.24) is 0 Å². The van der Waals surface area contributed by atoms with E-state index in [4.69, 9.17) is 28.4 Å². The first-order valence-corrected chi connectivity index (χ1v) is 5.38. The minimum Gasteiger partial charge on any atom is -0.438 e. The standard InChI is InChI=1S/C11H14N2O3S/c12-10(17)9(16-11(13)15)8(6-14)7-4-2-1-3-5-7/h1-5,8-9,14H,6H2,(H2,12,17)(H2,13,15)/t8?,9-/m0/s1. The van der Waals surface area contributed by atoms with Gasteiger partial charge in [0, 0.05) is 0 Å². The second kappa shape index (κ2) is 6.17. The van der Waals surface area contributed by atoms with E-state index in [0.29, 0.717) is 0 Å². The molecule has 0 aliphatic heterocycles. The summed E-state index contributed by atoms with van der Waals surface area (Å²) in [6, 6.07) is 9.02. The first-order chi connectivity index (χ1) is 8.06. The number of hydrogen-bond donors (Lipinski definition) is 3. The Morgan fingerprint density at radius 2 is 1.94 bits per heavy atom. The summed E-state index contributed by atoms with van der Waals surface area (Å²) in [4.78, 5) is 10.7. The molecule has 0 aliphatic rings. The molecular weight excluding hydrogens is 240 g/mol. The summed E-state index contributed by atoms with van der Waals surface area (Å²) in [5, 5.41) is 9.36. The van der Waals surface area contributed by atoms with E-state index in [0.717, 1.165) is 5.56 Å². The maximum absolute atomic E-state index is 10.8. The second-order valence-corrected chi connectivity index (χ2v) is 3.93. The number of hydrogen-bond acceptors (Lipinski definition) is 4. The van der Waals surface area contributed by atoms with Crippen LogP contribution in [0.5, 0.6) is 0 Å². The molecule has 0 aromatic heterocycles. The van der Waals surface area contributed by atoms with Crippen LogP contribution in [0, 0.1) is 0 Å². The Hall–Kier alpha value is -1.66. The Morgan fingerprint density at radius 1 is 1.35 bits per heavy atom. The summed E-state index contributed by atoms with van der Waals surface area (Å²) in [5.74, 6) is -0.513. The van der Waals surface area contributed by atoms with Crippen molar-refractivity contribution in [3.8, 4) is 0 Å². The first kappa shape index (κ1) is 13.4. The molecule has 1 unspecified atom stereocenters. The average molecular weight is 254 g/mol. The Labute approximate surface area is 104 Å². The fourth-order valence-electron chi connectivity index (χ4n) is 1.54. The molecule has 17 heavy (non-hydrogen) atoms. The molecule has 1 amide bonds. The van der Waals surface area contributed by atoms with Gasteiger partial charge < -0.3 is 21.3 Å². The molecule has 0 spiro atoms. The topological polar surface area (TPSA) is 98.6 Å². The summed E-state index contributed by atoms with van der Waals surface area (Å²) in [6.45, 7) is -0.251. The van der Waals surface area contributed by atoms with Gasteiger partial charge in [-0.25, -0.2) is 4.79 Å². The van der Waals surface area contributed by atoms with Crippen LogP contribution in [-0.2, 0) is 4.74 Å². The van der Waals surface area contributed by atoms with Crippen molar-refractivity contribution in [3.05, 3.63) is 35.9 Å². The second-order valence-electron chi connectivity index (χ2n) is 3.46. The molecule has 1 aromatic carbocycles. The number of benzene rings is 1. The van der Waals surface area contributed by atoms with Crippen molar-refractivity contribution in [2.45, 2.75) is 12.0 Å². The number of rotatable bonds is 5. The van der Waals surface area contributed by atoms with Crippen molar-refractivity contribution in [2.24, 2.45) is 11.5 Å². The van der Waals surface area contributed by atoms with E-state index in [2.05, 4.69) is 0 Å². The van der Waals surface area contributed by atoms with Crippen LogP contribution in [0.3, 0.4) is 0 Å². The summed E-state index contributed by atoms with van der Waals surface area (Å²) in [5.41, 5.74) is 11.2. The normalized spacial score (nSPS) is 13.7. The SMILES string of the molecule is NC(=O)O[C@H](C(N)=S)C(CO)c1ccccc1. The van der Waals surface area contributed by atoms with Gasteiger partial charge in [-0.2, -0.15) is 0 Å². The quantitative estimate of drug-likeness (QED) is 0.665. The number of carbonyl (C=O) groups excluding carboxylic acids is 1. The number of ether oxygens (including phenoxy) is 1. The molecule has 0 heterocycles. The number of aliphatic hydroxyl groups is 1. The maximum Gasteiger partial charge on any atom is 0.405 e. The number of nitrogens with two attached hydrogens (primary N) is 2. The lowest BCUT2D eigenvalue weighted by Gasteiger charge is -2.24. The van der Waals surface area contributed by atoms with Gasteiger partial charge in [0.2, 0.25) is 0 Å². The third kappa shape index (κ3) is 3.69. The molecule has 0 saturated carbocycles. The van der Waals surface area contributed by atoms with Crippen molar-refractivity contribution < 1.29 is 14.6 Å². The van der Waals surface area contributed by atoms with E-state index in [9.17, 15) is 9.90 Å². The minimum absolute atomic E-state index is 0.0216. The lowest BCUT2D eigenvalue weighted by Crippen LogP contribution is -2.39. The number of aliphatic hydroxyl groups excluding tert-OH is 1. The Kier molecular flexibility index (Phi) is 4.86. The molecule has 5 nitrogen and oxygen atoms in total. The number of amides is 1. The third-order valence-electron chi connectivity index (χ3n) is 2.31. The molecule has 0 fully saturated rings. The minimum atomic E-state index is -0.975. The van der Waals surface area contributed by atoms with Crippen molar-refractivity contribution in [2.75, 3.05) is 6.61 Å². The van der Waals surface area contributed by atoms with E-state index in [-0.39, 0.29) is 11.6 Å². The van der Waals surface area contributed by atoms with Crippen LogP contribution in [-0.4, -0.2) is 28.9 Å². The molecule has 0 bridgehead atoms. The van der Waals surface area contributed by atoms with Gasteiger partial charge in [-0.3, -0.25) is 0 Å². The lowest BCUT2D eigenvalue weighted by molar-refractivity contribution is 0.107. The van der Waals surface area contributed by atoms with Gasteiger partial charge in [0.05, 0.1) is 12.5 Å². The molecule has 92 valence electrons. The van der Waals surface area contributed by atoms with Crippen LogP contribution >= 0.6 is 12.2 Å². The van der Waals surface area contributed by atoms with E-state index >= 15 is 0 Å². The van der Waals surface area contributed by atoms with Crippen LogP contribution in [0.2, 0.25) is 0 Å². The Balaban J connectivity index is 2.97. The highest BCUT2D eigenvalue weighted by Crippen LogP contribution is 2.21. The number of thiocarbonyl (C=S) groups is 1. The molecule has 1 aromatic rings. The first-order valence-electron chi connectivity index (χ1n) is 4.97. The average Bonchev–Trinajstić information content (AvgIpc) is 2.29. The van der Waals surface area contributed by atoms with Gasteiger partial charge >= 0.3 is 6.09 Å². The number of carbonyl (C=O) groups is 1. The van der Waals surface area contributed by atoms with Crippen molar-refractivity contribution in [1.29, 1.82) is 0 Å². The summed E-state index contributed by atoms with van der Waals surface area (Å²) in [6.07, 6.45) is -1.88. The highest BCUT2D eigenvalue weighted by atomic mass is 32.1. The van der Waals surface area contributed by atoms with Crippen molar-refractivity contribution >= 4 is 23.3 Å². The zero-order valence-electron chi connectivity index (χ0n) is 9.08. The zero-order valence-corrected chi connectivity index (χ0v) is 9.89. The Bertz CT molecular complexity index is 397. The molecule has 0 radical (unpaired) electrons. The van der Waals surface area contributed by atoms with Gasteiger partial charge in [-0.05, 0) is 5.56 Å². The maximum atomic E-state index is 10.8. The molecular formula is C11H14N2O3S. The highest BCUT2D eigenvalue weighted by Gasteiger charge is 2.28. The summed E-state index contributed by atoms with van der Waals surface area (Å²) < 4.78 is 4.83. The van der Waals surface area contributed by atoms with Crippen LogP contribution in [0.15, 0.2) is 30.3 Å². The molecule has 5 N–H and O–H groups in total. The van der Waals surface area contributed by atoms with Gasteiger partial charge in [0.25, 0.3) is 0 Å². The van der Waals surface area contributed by atoms with E-state index < -0.39 is 18.1 Å². The van der Waals surface area contributed by atoms with E-state index in [1.54, 1.807) is 24.3 Å². The van der Waals surface area contributed by atoms with Crippen molar-refractivity contribution in [3.63, 3.8) is 0 Å². The summed E-state index contributed by atoms with van der Waals surface area (Å²) in [7, 11) is 0. The summed E-state index contributed by atoms with van der Waals surface area (Å²) >= 11 is 4.81. The van der Waals surface area contributed by atoms with Crippen LogP contribution in [0.1, 0.15) is 11.5 Å². The monoisotopic (exact) mass is 254 g/mol. The van der Waals surface area contributed by atoms with E-state index in [1.807, 2.05) is 6.07 Å². The molecule has 0 aliphatic carbocycles. The highest BCUT2D eigenvalue weighted by molar-refractivity contribution is 7.80. The fourth-order valence-corrected chi connectivity index (χ4v) is 1.75. The largest absolute Gasteiger partial charge is 0.438 e. The molecule has 6 heteroatoms. The van der Waals surface area contributed by atoms with Crippen LogP contribution in [0.4, 0.5) is 4.79 Å². The Morgan fingerprint density at radius 3 is 2.35 bits per heavy atom. The molecule has 0 saturated heterocycles. The smallest absolute Gasteiger partial charge is 0.405 e. The van der Waals surface area contributed by atoms with Gasteiger partial charge in [-0.15, -0.1) is 0 Å². The molecule has 1 rings (SSSR count). The van der Waals surface area contributed by atoms with Gasteiger partial charge in [-0.1, -0.05) is 42.5 Å². The predicted molar refractivity (Wildman–Crippen MR) is 67.5 cm³/mol. The van der Waals surface area contributed by atoms with Gasteiger partial charge in [0.15, 0.2) is 6.10 Å². The zero-order chi connectivity index (χ0) is 12.8. The number of primary amides is 1. The third-order valence-corrected chi connectivity index (χ3v) is 2.55. The van der Waals surface area contributed by atoms with Crippen LogP contribution < -0.4 is 11.5 Å². The lowest BCUT2D eigenvalue weighted by atomic mass is 9.94. The van der Waals surface area contributed by atoms with E-state index in [1.165, 1.54) is 0 Å².